The lowest BCUT2D eigenvalue weighted by Crippen LogP contribution is -2.07. The van der Waals surface area contributed by atoms with Crippen LogP contribution in [0.2, 0.25) is 0 Å². The first-order valence-corrected chi connectivity index (χ1v) is 13.3. The third kappa shape index (κ3) is 3.92. The van der Waals surface area contributed by atoms with Crippen molar-refractivity contribution in [3.63, 3.8) is 0 Å². The van der Waals surface area contributed by atoms with Gasteiger partial charge < -0.3 is 0 Å². The Morgan fingerprint density at radius 3 is 1.84 bits per heavy atom. The Balaban J connectivity index is 1.52. The summed E-state index contributed by atoms with van der Waals surface area (Å²) in [6.45, 7) is 0. The highest BCUT2D eigenvalue weighted by molar-refractivity contribution is 7.90. The van der Waals surface area contributed by atoms with Gasteiger partial charge in [-0.25, -0.2) is 20.0 Å². The van der Waals surface area contributed by atoms with E-state index in [0.29, 0.717) is 39.7 Å². The van der Waals surface area contributed by atoms with Crippen LogP contribution in [-0.2, 0) is 10.1 Å². The molecule has 8 bridgehead atoms. The van der Waals surface area contributed by atoms with Crippen LogP contribution in [0.3, 0.4) is 0 Å². The van der Waals surface area contributed by atoms with Crippen LogP contribution in [0, 0.1) is 0 Å². The topological polar surface area (TPSA) is 104 Å². The summed E-state index contributed by atoms with van der Waals surface area (Å²) in [5.41, 5.74) is 5.44. The molecule has 5 aliphatic rings. The van der Waals surface area contributed by atoms with Gasteiger partial charge in [0.05, 0.1) is 45.6 Å². The monoisotopic (exact) mass is 514 g/mol. The van der Waals surface area contributed by atoms with Crippen LogP contribution in [0.4, 0.5) is 0 Å². The molecule has 0 spiro atoms. The Bertz CT molecular complexity index is 1970. The molecule has 0 amide bonds. The molecule has 0 aliphatic carbocycles. The van der Waals surface area contributed by atoms with Gasteiger partial charge in [-0.15, -0.1) is 0 Å². The fourth-order valence-corrected chi connectivity index (χ4v) is 5.74. The normalized spacial score (nSPS) is 19.7. The highest BCUT2D eigenvalue weighted by Gasteiger charge is 2.33. The highest BCUT2D eigenvalue weighted by atomic mass is 32.2. The summed E-state index contributed by atoms with van der Waals surface area (Å²) >= 11 is 0. The van der Waals surface area contributed by atoms with Crippen molar-refractivity contribution in [3.05, 3.63) is 136 Å². The first-order chi connectivity index (χ1) is 18.4. The second-order valence-corrected chi connectivity index (χ2v) is 10.4. The summed E-state index contributed by atoms with van der Waals surface area (Å²) in [6.07, 6.45) is 18.1. The van der Waals surface area contributed by atoms with Crippen molar-refractivity contribution in [2.75, 3.05) is 0 Å². The lowest BCUT2D eigenvalue weighted by atomic mass is 9.95. The predicted octanol–water partition coefficient (Wildman–Crippen LogP) is 5.47. The molecule has 5 aliphatic heterocycles. The largest absolute Gasteiger partial charge is 0.297 e. The predicted molar refractivity (Wildman–Crippen MR) is 152 cm³/mol. The number of fused-ring (bicyclic) bond motifs is 5. The number of benzene rings is 2. The van der Waals surface area contributed by atoms with E-state index in [-0.39, 0.29) is 10.6 Å². The summed E-state index contributed by atoms with van der Waals surface area (Å²) in [4.78, 5) is 18.3. The maximum Gasteiger partial charge on any atom is 0.297 e. The Labute approximate surface area is 218 Å². The molecular weight excluding hydrogens is 496 g/mol. The molecule has 2 aromatic rings. The Morgan fingerprint density at radius 1 is 0.605 bits per heavy atom. The van der Waals surface area contributed by atoms with E-state index < -0.39 is 10.1 Å². The van der Waals surface area contributed by atoms with Gasteiger partial charge in [-0.2, -0.15) is 8.42 Å². The third-order valence-electron chi connectivity index (χ3n) is 6.48. The Hall–Kier alpha value is -4.79. The van der Waals surface area contributed by atoms with Crippen molar-refractivity contribution in [1.82, 2.24) is 0 Å². The zero-order chi connectivity index (χ0) is 25.9. The number of allylic oxidation sites excluding steroid dienone is 11. The van der Waals surface area contributed by atoms with Crippen molar-refractivity contribution in [1.29, 1.82) is 0 Å². The van der Waals surface area contributed by atoms with Gasteiger partial charge in [-0.05, 0) is 77.1 Å². The zero-order valence-corrected chi connectivity index (χ0v) is 20.6. The molecule has 1 N–H and O–H groups in total. The van der Waals surface area contributed by atoms with E-state index in [1.807, 2.05) is 85.0 Å². The lowest BCUT2D eigenvalue weighted by molar-refractivity contribution is 0.492. The molecule has 5 heterocycles. The van der Waals surface area contributed by atoms with Crippen LogP contribution in [0.1, 0.15) is 5.56 Å². The van der Waals surface area contributed by atoms with E-state index in [4.69, 9.17) is 4.99 Å². The maximum absolute atomic E-state index is 12.9. The van der Waals surface area contributed by atoms with E-state index in [9.17, 15) is 13.0 Å². The Kier molecular flexibility index (Phi) is 4.94. The summed E-state index contributed by atoms with van der Waals surface area (Å²) in [6, 6.07) is 13.3. The average Bonchev–Trinajstić information content (AvgIpc) is 3.68. The molecule has 182 valence electrons. The smallest absolute Gasteiger partial charge is 0.282 e. The first kappa shape index (κ1) is 22.4. The number of nitrogens with zero attached hydrogens (tertiary/aromatic N) is 4. The summed E-state index contributed by atoms with van der Waals surface area (Å²) in [5.74, 6) is 0. The zero-order valence-electron chi connectivity index (χ0n) is 19.8. The minimum absolute atomic E-state index is 0.102. The van der Waals surface area contributed by atoms with Gasteiger partial charge >= 0.3 is 0 Å². The van der Waals surface area contributed by atoms with E-state index in [0.717, 1.165) is 22.2 Å². The van der Waals surface area contributed by atoms with Gasteiger partial charge in [0.15, 0.2) is 0 Å². The van der Waals surface area contributed by atoms with Gasteiger partial charge in [0.2, 0.25) is 0 Å². The minimum atomic E-state index is -4.68. The quantitative estimate of drug-likeness (QED) is 0.537. The standard InChI is InChI=1S/C30H18N4O3S/c35-38(36,37)30-28-17-24-13-11-22(33-24)15-20-9-8-19(31-20)14-21-10-12-23(32-21)16-27(34-28)29(30)26-7-3-5-18-4-1-2-6-25(18)26/h1-17H,(H,35,36,37). The second-order valence-electron chi connectivity index (χ2n) is 9.05. The maximum atomic E-state index is 12.9. The van der Waals surface area contributed by atoms with Crippen LogP contribution in [0.25, 0.3) is 16.3 Å². The minimum Gasteiger partial charge on any atom is -0.282 e. The fourth-order valence-electron chi connectivity index (χ4n) is 4.90. The number of aliphatic imine (C=N–C) groups is 4. The molecule has 7 rings (SSSR count). The molecular formula is C30H18N4O3S. The molecule has 0 unspecified atom stereocenters. The summed E-state index contributed by atoms with van der Waals surface area (Å²) in [5, 5.41) is 1.77. The van der Waals surface area contributed by atoms with Gasteiger partial charge in [0, 0.05) is 5.57 Å². The molecule has 0 radical (unpaired) electrons. The SMILES string of the molecule is O=S(=O)(O)C1=C(c2cccc3ccccc23)C2=NC1=CC1=NC(=CC3=NC(=CC4=NC(=C2)C=C4)C=C3)C=C1. The molecule has 0 aromatic heterocycles. The lowest BCUT2D eigenvalue weighted by Gasteiger charge is -2.11. The van der Waals surface area contributed by atoms with Crippen molar-refractivity contribution in [2.45, 2.75) is 0 Å². The van der Waals surface area contributed by atoms with Crippen LogP contribution in [0.5, 0.6) is 0 Å². The van der Waals surface area contributed by atoms with Crippen LogP contribution in [-0.4, -0.2) is 35.8 Å². The van der Waals surface area contributed by atoms with Crippen LogP contribution < -0.4 is 0 Å². The molecule has 0 saturated carbocycles. The van der Waals surface area contributed by atoms with Crippen LogP contribution >= 0.6 is 0 Å². The van der Waals surface area contributed by atoms with E-state index in [2.05, 4.69) is 15.0 Å². The first-order valence-electron chi connectivity index (χ1n) is 11.9. The number of rotatable bonds is 2. The van der Waals surface area contributed by atoms with Gasteiger partial charge in [0.25, 0.3) is 10.1 Å². The van der Waals surface area contributed by atoms with E-state index in [1.54, 1.807) is 18.2 Å². The number of hydrogen-bond donors (Lipinski definition) is 1. The Morgan fingerprint density at radius 2 is 1.18 bits per heavy atom. The second kappa shape index (κ2) is 8.37. The van der Waals surface area contributed by atoms with Crippen molar-refractivity contribution < 1.29 is 13.0 Å². The van der Waals surface area contributed by atoms with Gasteiger partial charge in [-0.3, -0.25) is 4.55 Å². The summed E-state index contributed by atoms with van der Waals surface area (Å²) in [7, 11) is -4.68. The molecule has 38 heavy (non-hydrogen) atoms. The van der Waals surface area contributed by atoms with Crippen molar-refractivity contribution in [3.8, 4) is 0 Å². The molecule has 2 aromatic carbocycles. The molecule has 0 atom stereocenters. The molecule has 0 saturated heterocycles. The van der Waals surface area contributed by atoms with Crippen LogP contribution in [0.15, 0.2) is 151 Å². The fraction of sp³-hybridized carbons (Fsp3) is 0. The molecule has 0 fully saturated rings. The highest BCUT2D eigenvalue weighted by Crippen LogP contribution is 2.39. The summed E-state index contributed by atoms with van der Waals surface area (Å²) < 4.78 is 36.3. The average molecular weight is 515 g/mol. The van der Waals surface area contributed by atoms with E-state index in [1.165, 1.54) is 0 Å². The van der Waals surface area contributed by atoms with Gasteiger partial charge in [-0.1, -0.05) is 42.5 Å². The number of hydrogen-bond acceptors (Lipinski definition) is 6. The van der Waals surface area contributed by atoms with Gasteiger partial charge in [0.1, 0.15) is 4.91 Å². The van der Waals surface area contributed by atoms with Crippen molar-refractivity contribution >= 4 is 49.3 Å². The van der Waals surface area contributed by atoms with E-state index >= 15 is 0 Å². The molecule has 7 nitrogen and oxygen atoms in total. The third-order valence-corrected chi connectivity index (χ3v) is 7.41. The molecule has 8 heteroatoms. The van der Waals surface area contributed by atoms with Crippen molar-refractivity contribution in [2.24, 2.45) is 20.0 Å².